The maximum atomic E-state index is 6.00. The molecular weight excluding hydrogens is 267 g/mol. The van der Waals surface area contributed by atoms with Crippen molar-refractivity contribution in [2.75, 3.05) is 5.73 Å². The number of pyridine rings is 1. The zero-order valence-corrected chi connectivity index (χ0v) is 10.2. The van der Waals surface area contributed by atoms with E-state index in [0.717, 1.165) is 4.90 Å². The quantitative estimate of drug-likeness (QED) is 0.911. The third-order valence-electron chi connectivity index (χ3n) is 1.65. The fraction of sp³-hybridized carbons (Fsp3) is 0. The second-order valence-corrected chi connectivity index (χ2v) is 4.68. The smallest absolute Gasteiger partial charge is 0.147 e. The average Bonchev–Trinajstić information content (AvgIpc) is 2.25. The van der Waals surface area contributed by atoms with Crippen LogP contribution < -0.4 is 5.73 Å². The van der Waals surface area contributed by atoms with Crippen molar-refractivity contribution in [2.24, 2.45) is 0 Å². The summed E-state index contributed by atoms with van der Waals surface area (Å²) < 4.78 is 0. The highest BCUT2D eigenvalue weighted by atomic mass is 35.5. The molecule has 2 rings (SSSR count). The normalized spacial score (nSPS) is 10.4. The molecule has 0 bridgehead atoms. The number of nitrogens with two attached hydrogens (primary N) is 1. The Morgan fingerprint density at radius 3 is 2.50 bits per heavy atom. The molecule has 0 saturated carbocycles. The number of aromatic nitrogens is 3. The summed E-state index contributed by atoms with van der Waals surface area (Å²) in [5.74, 6) is 0.386. The maximum Gasteiger partial charge on any atom is 0.147 e. The van der Waals surface area contributed by atoms with Crippen LogP contribution in [0, 0.1) is 0 Å². The zero-order valence-electron chi connectivity index (χ0n) is 7.89. The fourth-order valence-corrected chi connectivity index (χ4v) is 2.05. The molecule has 2 heterocycles. The van der Waals surface area contributed by atoms with E-state index in [1.807, 2.05) is 0 Å². The summed E-state index contributed by atoms with van der Waals surface area (Å²) in [5, 5.41) is 1.58. The van der Waals surface area contributed by atoms with E-state index in [-0.39, 0.29) is 0 Å². The van der Waals surface area contributed by atoms with Crippen LogP contribution in [-0.4, -0.2) is 15.0 Å². The lowest BCUT2D eigenvalue weighted by atomic mass is 10.5. The number of hydrogen-bond donors (Lipinski definition) is 1. The van der Waals surface area contributed by atoms with Crippen LogP contribution in [0.4, 0.5) is 5.82 Å². The van der Waals surface area contributed by atoms with Gasteiger partial charge in [-0.1, -0.05) is 35.0 Å². The molecule has 0 aromatic carbocycles. The van der Waals surface area contributed by atoms with Gasteiger partial charge >= 0.3 is 0 Å². The highest BCUT2D eigenvalue weighted by Gasteiger charge is 2.05. The zero-order chi connectivity index (χ0) is 11.5. The van der Waals surface area contributed by atoms with Crippen molar-refractivity contribution >= 4 is 40.8 Å². The molecule has 0 saturated heterocycles. The molecule has 4 nitrogen and oxygen atoms in total. The van der Waals surface area contributed by atoms with Crippen molar-refractivity contribution in [3.63, 3.8) is 0 Å². The third kappa shape index (κ3) is 2.75. The second-order valence-electron chi connectivity index (χ2n) is 2.82. The van der Waals surface area contributed by atoms with E-state index in [1.54, 1.807) is 18.5 Å². The first-order valence-corrected chi connectivity index (χ1v) is 5.79. The van der Waals surface area contributed by atoms with Gasteiger partial charge in [0.05, 0.1) is 22.3 Å². The molecule has 0 radical (unpaired) electrons. The van der Waals surface area contributed by atoms with E-state index in [1.165, 1.54) is 18.0 Å². The van der Waals surface area contributed by atoms with Gasteiger partial charge in [0.1, 0.15) is 16.0 Å². The summed E-state index contributed by atoms with van der Waals surface area (Å²) in [5.41, 5.74) is 5.49. The molecule has 0 fully saturated rings. The van der Waals surface area contributed by atoms with Crippen LogP contribution in [0.5, 0.6) is 0 Å². The Bertz CT molecular complexity index is 503. The number of rotatable bonds is 2. The van der Waals surface area contributed by atoms with Crippen LogP contribution >= 0.6 is 35.0 Å². The lowest BCUT2D eigenvalue weighted by molar-refractivity contribution is 1.05. The lowest BCUT2D eigenvalue weighted by Gasteiger charge is -2.03. The molecule has 2 aromatic rings. The average molecular weight is 273 g/mol. The summed E-state index contributed by atoms with van der Waals surface area (Å²) in [7, 11) is 0. The SMILES string of the molecule is Nc1cc(Cl)c(Sc2cnc(Cl)cn2)cn1. The van der Waals surface area contributed by atoms with E-state index in [4.69, 9.17) is 28.9 Å². The molecule has 0 spiro atoms. The minimum atomic E-state index is 0.353. The van der Waals surface area contributed by atoms with Gasteiger partial charge in [-0.15, -0.1) is 0 Å². The molecule has 16 heavy (non-hydrogen) atoms. The van der Waals surface area contributed by atoms with E-state index in [2.05, 4.69) is 15.0 Å². The Labute approximate surface area is 106 Å². The molecular formula is C9H6Cl2N4S. The van der Waals surface area contributed by atoms with Crippen LogP contribution in [0.1, 0.15) is 0 Å². The molecule has 0 aliphatic rings. The van der Waals surface area contributed by atoms with Crippen LogP contribution in [0.15, 0.2) is 34.6 Å². The molecule has 0 amide bonds. The summed E-state index contributed by atoms with van der Waals surface area (Å²) >= 11 is 13.0. The third-order valence-corrected chi connectivity index (χ3v) is 3.24. The molecule has 0 unspecified atom stereocenters. The van der Waals surface area contributed by atoms with Gasteiger partial charge < -0.3 is 5.73 Å². The number of nitrogen functional groups attached to an aromatic ring is 1. The first-order chi connectivity index (χ1) is 7.65. The monoisotopic (exact) mass is 272 g/mol. The highest BCUT2D eigenvalue weighted by molar-refractivity contribution is 7.99. The van der Waals surface area contributed by atoms with E-state index in [0.29, 0.717) is 21.0 Å². The largest absolute Gasteiger partial charge is 0.384 e. The Morgan fingerprint density at radius 2 is 1.88 bits per heavy atom. The van der Waals surface area contributed by atoms with E-state index in [9.17, 15) is 0 Å². The van der Waals surface area contributed by atoms with Crippen LogP contribution in [0.25, 0.3) is 0 Å². The first kappa shape index (κ1) is 11.4. The van der Waals surface area contributed by atoms with Gasteiger partial charge in [0.15, 0.2) is 0 Å². The Morgan fingerprint density at radius 1 is 1.06 bits per heavy atom. The predicted molar refractivity (Wildman–Crippen MR) is 64.8 cm³/mol. The van der Waals surface area contributed by atoms with Crippen molar-refractivity contribution in [3.8, 4) is 0 Å². The molecule has 7 heteroatoms. The van der Waals surface area contributed by atoms with Gasteiger partial charge in [-0.25, -0.2) is 15.0 Å². The van der Waals surface area contributed by atoms with Crippen molar-refractivity contribution in [2.45, 2.75) is 9.92 Å². The fourth-order valence-electron chi connectivity index (χ4n) is 0.974. The van der Waals surface area contributed by atoms with Gasteiger partial charge in [-0.2, -0.15) is 0 Å². The first-order valence-electron chi connectivity index (χ1n) is 4.21. The van der Waals surface area contributed by atoms with Gasteiger partial charge in [0, 0.05) is 12.3 Å². The van der Waals surface area contributed by atoms with E-state index < -0.39 is 0 Å². The Kier molecular flexibility index (Phi) is 3.48. The highest BCUT2D eigenvalue weighted by Crippen LogP contribution is 2.31. The number of hydrogen-bond acceptors (Lipinski definition) is 5. The Balaban J connectivity index is 2.23. The van der Waals surface area contributed by atoms with Crippen molar-refractivity contribution in [1.29, 1.82) is 0 Å². The molecule has 0 aliphatic heterocycles. The number of halogens is 2. The van der Waals surface area contributed by atoms with Gasteiger partial charge in [0.25, 0.3) is 0 Å². The summed E-state index contributed by atoms with van der Waals surface area (Å²) in [6.07, 6.45) is 4.64. The topological polar surface area (TPSA) is 64.7 Å². The van der Waals surface area contributed by atoms with Gasteiger partial charge in [-0.3, -0.25) is 0 Å². The summed E-state index contributed by atoms with van der Waals surface area (Å²) in [6.45, 7) is 0. The standard InChI is InChI=1S/C9H6Cl2N4S/c10-5-1-8(12)14-2-6(5)16-9-4-13-7(11)3-15-9/h1-4H,(H2,12,14). The molecule has 82 valence electrons. The maximum absolute atomic E-state index is 6.00. The lowest BCUT2D eigenvalue weighted by Crippen LogP contribution is -1.90. The molecule has 2 aromatic heterocycles. The minimum absolute atomic E-state index is 0.353. The number of nitrogens with zero attached hydrogens (tertiary/aromatic N) is 3. The predicted octanol–water partition coefficient (Wildman–Crippen LogP) is 2.91. The molecule has 2 N–H and O–H groups in total. The van der Waals surface area contributed by atoms with Gasteiger partial charge in [-0.05, 0) is 0 Å². The van der Waals surface area contributed by atoms with Crippen LogP contribution in [0.2, 0.25) is 10.2 Å². The molecule has 0 aliphatic carbocycles. The summed E-state index contributed by atoms with van der Waals surface area (Å²) in [4.78, 5) is 12.7. The van der Waals surface area contributed by atoms with Crippen molar-refractivity contribution < 1.29 is 0 Å². The van der Waals surface area contributed by atoms with Crippen molar-refractivity contribution in [3.05, 3.63) is 34.8 Å². The van der Waals surface area contributed by atoms with Crippen LogP contribution in [0.3, 0.4) is 0 Å². The Hall–Kier alpha value is -1.04. The van der Waals surface area contributed by atoms with Gasteiger partial charge in [0.2, 0.25) is 0 Å². The number of anilines is 1. The second kappa shape index (κ2) is 4.86. The summed E-state index contributed by atoms with van der Waals surface area (Å²) in [6, 6.07) is 1.59. The van der Waals surface area contributed by atoms with Crippen molar-refractivity contribution in [1.82, 2.24) is 15.0 Å². The van der Waals surface area contributed by atoms with Crippen LogP contribution in [-0.2, 0) is 0 Å². The minimum Gasteiger partial charge on any atom is -0.384 e. The van der Waals surface area contributed by atoms with E-state index >= 15 is 0 Å². The molecule has 0 atom stereocenters.